The van der Waals surface area contributed by atoms with Crippen LogP contribution in [0.5, 0.6) is 17.2 Å². The lowest BCUT2D eigenvalue weighted by Crippen LogP contribution is -2.42. The van der Waals surface area contributed by atoms with E-state index in [9.17, 15) is 29.0 Å². The van der Waals surface area contributed by atoms with Crippen molar-refractivity contribution >= 4 is 35.1 Å². The summed E-state index contributed by atoms with van der Waals surface area (Å²) >= 11 is 6.23. The van der Waals surface area contributed by atoms with Crippen molar-refractivity contribution in [3.05, 3.63) is 88.2 Å². The Kier molecular flexibility index (Phi) is 10.4. The SMILES string of the molecule is CC[C@@H](CC(=O)N1C/C(=N/Oc2ccc(F)cc2)CCC(Cc2cc(Cl)ccc2OC)C1=O)c1ccc(C(=O)O)c(O)c1. The Labute approximate surface area is 253 Å². The number of carbonyl (C=O) groups is 3. The predicted molar refractivity (Wildman–Crippen MR) is 158 cm³/mol. The molecule has 43 heavy (non-hydrogen) atoms. The van der Waals surface area contributed by atoms with Gasteiger partial charge < -0.3 is 19.8 Å². The van der Waals surface area contributed by atoms with E-state index in [4.69, 9.17) is 21.2 Å². The minimum atomic E-state index is -1.26. The largest absolute Gasteiger partial charge is 0.507 e. The fourth-order valence-corrected chi connectivity index (χ4v) is 5.28. The van der Waals surface area contributed by atoms with Gasteiger partial charge >= 0.3 is 5.97 Å². The molecule has 3 aromatic carbocycles. The highest BCUT2D eigenvalue weighted by molar-refractivity contribution is 6.30. The van der Waals surface area contributed by atoms with Crippen LogP contribution in [-0.4, -0.2) is 52.3 Å². The molecule has 9 nitrogen and oxygen atoms in total. The van der Waals surface area contributed by atoms with Crippen molar-refractivity contribution in [3.8, 4) is 17.2 Å². The lowest BCUT2D eigenvalue weighted by Gasteiger charge is -2.25. The van der Waals surface area contributed by atoms with E-state index in [1.165, 1.54) is 48.4 Å². The number of imide groups is 1. The number of carbonyl (C=O) groups excluding carboxylic acids is 2. The lowest BCUT2D eigenvalue weighted by molar-refractivity contribution is -0.146. The molecule has 2 N–H and O–H groups in total. The number of nitrogens with zero attached hydrogens (tertiary/aromatic N) is 2. The number of aromatic hydroxyl groups is 1. The number of hydrogen-bond acceptors (Lipinski definition) is 7. The molecule has 0 radical (unpaired) electrons. The summed E-state index contributed by atoms with van der Waals surface area (Å²) in [7, 11) is 1.53. The quantitative estimate of drug-likeness (QED) is 0.261. The number of amides is 2. The highest BCUT2D eigenvalue weighted by Crippen LogP contribution is 2.32. The molecule has 0 aliphatic carbocycles. The number of carboxylic acid groups (broad SMARTS) is 1. The van der Waals surface area contributed by atoms with E-state index < -0.39 is 29.4 Å². The Hall–Kier alpha value is -4.44. The standard InChI is InChI=1S/C32H32ClFN2O7/c1-3-19(20-5-12-27(32(40)41)28(37)16-20)17-30(38)36-18-25(35-43-26-10-7-24(34)8-11-26)9-4-21(31(36)39)14-22-15-23(33)6-13-29(22)42-2/h5-8,10-13,15-16,19,21,37H,3-4,9,14,17-18H2,1-2H3,(H,40,41)/b35-25+/t19-,21?/m0/s1. The van der Waals surface area contributed by atoms with Gasteiger partial charge in [0.1, 0.15) is 22.9 Å². The van der Waals surface area contributed by atoms with Gasteiger partial charge in [0.05, 0.1) is 19.4 Å². The number of benzene rings is 3. The smallest absolute Gasteiger partial charge is 0.339 e. The molecule has 2 atom stereocenters. The highest BCUT2D eigenvalue weighted by atomic mass is 35.5. The average molecular weight is 611 g/mol. The van der Waals surface area contributed by atoms with Crippen LogP contribution in [-0.2, 0) is 16.0 Å². The van der Waals surface area contributed by atoms with Crippen LogP contribution in [0.15, 0.2) is 65.8 Å². The summed E-state index contributed by atoms with van der Waals surface area (Å²) in [4.78, 5) is 45.7. The molecule has 0 bridgehead atoms. The van der Waals surface area contributed by atoms with Gasteiger partial charge in [0.25, 0.3) is 0 Å². The molecule has 0 spiro atoms. The van der Waals surface area contributed by atoms with E-state index in [0.29, 0.717) is 47.1 Å². The van der Waals surface area contributed by atoms with Gasteiger partial charge in [0.2, 0.25) is 11.8 Å². The summed E-state index contributed by atoms with van der Waals surface area (Å²) in [6.45, 7) is 1.77. The van der Waals surface area contributed by atoms with Gasteiger partial charge in [0.15, 0.2) is 5.75 Å². The number of phenols is 1. The van der Waals surface area contributed by atoms with Crippen LogP contribution < -0.4 is 9.57 Å². The van der Waals surface area contributed by atoms with Crippen molar-refractivity contribution < 1.29 is 38.6 Å². The van der Waals surface area contributed by atoms with E-state index in [1.54, 1.807) is 24.3 Å². The number of oxime groups is 1. The van der Waals surface area contributed by atoms with Crippen LogP contribution >= 0.6 is 11.6 Å². The summed E-state index contributed by atoms with van der Waals surface area (Å²) < 4.78 is 18.8. The van der Waals surface area contributed by atoms with Crippen molar-refractivity contribution in [3.63, 3.8) is 0 Å². The normalized spacial score (nSPS) is 16.9. The first-order valence-electron chi connectivity index (χ1n) is 13.8. The van der Waals surface area contributed by atoms with Crippen molar-refractivity contribution in [2.24, 2.45) is 11.1 Å². The third kappa shape index (κ3) is 7.90. The van der Waals surface area contributed by atoms with Gasteiger partial charge in [-0.1, -0.05) is 29.7 Å². The maximum atomic E-state index is 13.9. The Bertz CT molecular complexity index is 1530. The Balaban J connectivity index is 1.61. The van der Waals surface area contributed by atoms with Crippen molar-refractivity contribution in [1.29, 1.82) is 0 Å². The number of likely N-dealkylation sites (tertiary alicyclic amines) is 1. The molecule has 1 fully saturated rings. The first kappa shape index (κ1) is 31.5. The number of aromatic carboxylic acids is 1. The number of halogens is 2. The van der Waals surface area contributed by atoms with E-state index in [-0.39, 0.29) is 36.8 Å². The molecular weight excluding hydrogens is 579 g/mol. The van der Waals surface area contributed by atoms with Gasteiger partial charge in [-0.3, -0.25) is 14.5 Å². The van der Waals surface area contributed by atoms with E-state index in [0.717, 1.165) is 5.56 Å². The Morgan fingerprint density at radius 2 is 1.88 bits per heavy atom. The molecule has 4 rings (SSSR count). The molecule has 2 amide bonds. The lowest BCUT2D eigenvalue weighted by atomic mass is 9.91. The molecule has 1 saturated heterocycles. The molecule has 0 aromatic heterocycles. The van der Waals surface area contributed by atoms with Crippen LogP contribution in [0.1, 0.15) is 60.0 Å². The number of methoxy groups -OCH3 is 1. The maximum Gasteiger partial charge on any atom is 0.339 e. The van der Waals surface area contributed by atoms with Crippen LogP contribution in [0.3, 0.4) is 0 Å². The second-order valence-electron chi connectivity index (χ2n) is 10.3. The number of rotatable bonds is 10. The zero-order valence-electron chi connectivity index (χ0n) is 23.8. The maximum absolute atomic E-state index is 13.9. The Morgan fingerprint density at radius 1 is 1.14 bits per heavy atom. The van der Waals surface area contributed by atoms with Gasteiger partial charge in [-0.25, -0.2) is 9.18 Å². The minimum absolute atomic E-state index is 0.0621. The topological polar surface area (TPSA) is 126 Å². The van der Waals surface area contributed by atoms with Crippen LogP contribution in [0.4, 0.5) is 4.39 Å². The fourth-order valence-electron chi connectivity index (χ4n) is 5.09. The molecule has 226 valence electrons. The molecule has 0 saturated carbocycles. The van der Waals surface area contributed by atoms with Crippen molar-refractivity contribution in [2.75, 3.05) is 13.7 Å². The van der Waals surface area contributed by atoms with E-state index in [2.05, 4.69) is 5.16 Å². The van der Waals surface area contributed by atoms with Gasteiger partial charge in [-0.05, 0) is 97.3 Å². The molecular formula is C32H32ClFN2O7. The van der Waals surface area contributed by atoms with Crippen molar-refractivity contribution in [1.82, 2.24) is 4.90 Å². The summed E-state index contributed by atoms with van der Waals surface area (Å²) in [5.41, 5.74) is 1.52. The first-order valence-corrected chi connectivity index (χ1v) is 14.2. The second-order valence-corrected chi connectivity index (χ2v) is 10.7. The third-order valence-electron chi connectivity index (χ3n) is 7.48. The van der Waals surface area contributed by atoms with Gasteiger partial charge in [-0.15, -0.1) is 0 Å². The summed E-state index contributed by atoms with van der Waals surface area (Å²) in [6.07, 6.45) is 1.46. The molecule has 3 aromatic rings. The second kappa shape index (κ2) is 14.2. The van der Waals surface area contributed by atoms with Gasteiger partial charge in [0, 0.05) is 17.4 Å². The number of carboxylic acids is 1. The minimum Gasteiger partial charge on any atom is -0.507 e. The van der Waals surface area contributed by atoms with Crippen LogP contribution in [0, 0.1) is 11.7 Å². The highest BCUT2D eigenvalue weighted by Gasteiger charge is 2.35. The molecule has 1 heterocycles. The number of ether oxygens (including phenoxy) is 1. The summed E-state index contributed by atoms with van der Waals surface area (Å²) in [5, 5.41) is 24.1. The predicted octanol–water partition coefficient (Wildman–Crippen LogP) is 6.22. The first-order chi connectivity index (χ1) is 20.6. The Morgan fingerprint density at radius 3 is 2.53 bits per heavy atom. The number of hydrogen-bond donors (Lipinski definition) is 2. The van der Waals surface area contributed by atoms with Crippen molar-refractivity contribution in [2.45, 2.75) is 44.9 Å². The molecule has 11 heteroatoms. The average Bonchev–Trinajstić information content (AvgIpc) is 3.14. The fraction of sp³-hybridized carbons (Fsp3) is 0.312. The molecule has 1 aliphatic heterocycles. The van der Waals surface area contributed by atoms with E-state index in [1.807, 2.05) is 6.92 Å². The molecule has 1 unspecified atom stereocenters. The summed E-state index contributed by atoms with van der Waals surface area (Å²) in [5.74, 6) is -3.01. The van der Waals surface area contributed by atoms with Gasteiger partial charge in [-0.2, -0.15) is 0 Å². The summed E-state index contributed by atoms with van der Waals surface area (Å²) in [6, 6.07) is 14.7. The monoisotopic (exact) mass is 610 g/mol. The van der Waals surface area contributed by atoms with Crippen LogP contribution in [0.2, 0.25) is 5.02 Å². The molecule has 1 aliphatic rings. The van der Waals surface area contributed by atoms with Crippen LogP contribution in [0.25, 0.3) is 0 Å². The van der Waals surface area contributed by atoms with E-state index >= 15 is 0 Å². The third-order valence-corrected chi connectivity index (χ3v) is 7.71. The zero-order chi connectivity index (χ0) is 31.1. The zero-order valence-corrected chi connectivity index (χ0v) is 24.5.